The quantitative estimate of drug-likeness (QED) is 0.0832. The van der Waals surface area contributed by atoms with Crippen LogP contribution in [0.3, 0.4) is 0 Å². The van der Waals surface area contributed by atoms with Crippen molar-refractivity contribution < 1.29 is 23.4 Å². The third kappa shape index (κ3) is 7.02. The Balaban J connectivity index is 1.72. The number of azide groups is 1. The molecule has 0 amide bonds. The third-order valence-corrected chi connectivity index (χ3v) is 12.6. The van der Waals surface area contributed by atoms with Crippen LogP contribution in [-0.4, -0.2) is 59.3 Å². The highest BCUT2D eigenvalue weighted by atomic mass is 28.4. The van der Waals surface area contributed by atoms with Crippen LogP contribution >= 0.6 is 0 Å². The number of hydrogen-bond donors (Lipinski definition) is 0. The van der Waals surface area contributed by atoms with E-state index < -0.39 is 39.0 Å². The van der Waals surface area contributed by atoms with Gasteiger partial charge in [-0.1, -0.05) is 123 Å². The molecule has 1 aliphatic rings. The highest BCUT2D eigenvalue weighted by Gasteiger charge is 2.53. The van der Waals surface area contributed by atoms with Gasteiger partial charge in [0.15, 0.2) is 6.29 Å². The second kappa shape index (κ2) is 14.8. The first kappa shape index (κ1) is 31.7. The van der Waals surface area contributed by atoms with E-state index in [-0.39, 0.29) is 18.3 Å². The Morgan fingerprint density at radius 1 is 0.905 bits per heavy atom. The largest absolute Gasteiger partial charge is 0.405 e. The van der Waals surface area contributed by atoms with E-state index in [4.69, 9.17) is 23.4 Å². The SMILES string of the molecule is C=CCO[C@@H]1O[C@@H](CO[Si](c2ccccc2)(c2ccccc2)C(C)(C)C)[C@H](OC)[C@H](OCc2ccccc2)[C@H]1N=[N+]=[N-]. The Morgan fingerprint density at radius 2 is 1.48 bits per heavy atom. The van der Waals surface area contributed by atoms with Crippen LogP contribution in [0.1, 0.15) is 26.3 Å². The minimum atomic E-state index is -2.86. The van der Waals surface area contributed by atoms with Crippen LogP contribution < -0.4 is 10.4 Å². The molecular formula is C33H41N3O5Si. The Morgan fingerprint density at radius 3 is 1.98 bits per heavy atom. The fourth-order valence-electron chi connectivity index (χ4n) is 5.72. The van der Waals surface area contributed by atoms with Crippen molar-refractivity contribution in [3.63, 3.8) is 0 Å². The predicted octanol–water partition coefficient (Wildman–Crippen LogP) is 5.77. The first-order valence-corrected chi connectivity index (χ1v) is 16.1. The van der Waals surface area contributed by atoms with Gasteiger partial charge < -0.3 is 23.4 Å². The second-order valence-corrected chi connectivity index (χ2v) is 15.6. The maximum absolute atomic E-state index is 9.45. The van der Waals surface area contributed by atoms with Gasteiger partial charge >= 0.3 is 0 Å². The molecule has 9 heteroatoms. The standard InChI is InChI=1S/C33H41N3O5Si/c1-6-22-38-32-29(35-36-34)31(39-23-25-16-10-7-11-17-25)30(37-5)28(41-32)24-40-42(33(2,3)4,26-18-12-8-13-19-26)27-20-14-9-15-21-27/h6-21,28-32H,1,22-24H2,2-5H3/t28-,29+,30-,31+,32+/m0/s1. The van der Waals surface area contributed by atoms with Crippen molar-refractivity contribution >= 4 is 18.7 Å². The summed E-state index contributed by atoms with van der Waals surface area (Å²) in [5.41, 5.74) is 10.4. The Hall–Kier alpha value is -3.27. The Bertz CT molecular complexity index is 1260. The van der Waals surface area contributed by atoms with Gasteiger partial charge in [-0.2, -0.15) is 0 Å². The van der Waals surface area contributed by atoms with Crippen LogP contribution in [0.15, 0.2) is 109 Å². The van der Waals surface area contributed by atoms with Crippen LogP contribution in [0.25, 0.3) is 10.4 Å². The molecule has 0 bridgehead atoms. The lowest BCUT2D eigenvalue weighted by atomic mass is 9.97. The maximum atomic E-state index is 9.45. The van der Waals surface area contributed by atoms with Crippen LogP contribution in [0.5, 0.6) is 0 Å². The molecule has 1 fully saturated rings. The molecule has 0 radical (unpaired) electrons. The van der Waals surface area contributed by atoms with Crippen LogP contribution in [0, 0.1) is 0 Å². The van der Waals surface area contributed by atoms with E-state index in [0.29, 0.717) is 6.61 Å². The van der Waals surface area contributed by atoms with Crippen LogP contribution in [0.2, 0.25) is 5.04 Å². The molecule has 0 unspecified atom stereocenters. The predicted molar refractivity (Wildman–Crippen MR) is 167 cm³/mol. The summed E-state index contributed by atoms with van der Waals surface area (Å²) in [4.78, 5) is 3.09. The lowest BCUT2D eigenvalue weighted by Crippen LogP contribution is -2.68. The van der Waals surface area contributed by atoms with Crippen molar-refractivity contribution in [3.05, 3.63) is 120 Å². The van der Waals surface area contributed by atoms with Gasteiger partial charge in [0.25, 0.3) is 8.32 Å². The average molecular weight is 588 g/mol. The summed E-state index contributed by atoms with van der Waals surface area (Å²) in [6.07, 6.45) is -1.06. The van der Waals surface area contributed by atoms with Gasteiger partial charge in [0.2, 0.25) is 0 Å². The van der Waals surface area contributed by atoms with E-state index >= 15 is 0 Å². The lowest BCUT2D eigenvalue weighted by Gasteiger charge is -2.47. The zero-order valence-corrected chi connectivity index (χ0v) is 25.8. The van der Waals surface area contributed by atoms with Crippen molar-refractivity contribution in [1.82, 2.24) is 0 Å². The highest BCUT2D eigenvalue weighted by Crippen LogP contribution is 2.38. The highest BCUT2D eigenvalue weighted by molar-refractivity contribution is 6.99. The van der Waals surface area contributed by atoms with Gasteiger partial charge in [0.1, 0.15) is 24.4 Å². The first-order chi connectivity index (χ1) is 20.4. The molecule has 0 saturated carbocycles. The van der Waals surface area contributed by atoms with Gasteiger partial charge in [-0.25, -0.2) is 0 Å². The molecule has 1 saturated heterocycles. The van der Waals surface area contributed by atoms with E-state index in [1.807, 2.05) is 42.5 Å². The van der Waals surface area contributed by atoms with E-state index in [1.54, 1.807) is 13.2 Å². The summed E-state index contributed by atoms with van der Waals surface area (Å²) in [6, 6.07) is 29.9. The molecule has 0 aromatic heterocycles. The van der Waals surface area contributed by atoms with Crippen molar-refractivity contribution in [2.75, 3.05) is 20.3 Å². The van der Waals surface area contributed by atoms with E-state index in [1.165, 1.54) is 0 Å². The molecular weight excluding hydrogens is 546 g/mol. The van der Waals surface area contributed by atoms with Gasteiger partial charge in [-0.15, -0.1) is 6.58 Å². The molecule has 8 nitrogen and oxygen atoms in total. The van der Waals surface area contributed by atoms with Crippen molar-refractivity contribution in [3.8, 4) is 0 Å². The summed E-state index contributed by atoms with van der Waals surface area (Å²) in [5, 5.41) is 6.15. The molecule has 222 valence electrons. The zero-order valence-electron chi connectivity index (χ0n) is 24.8. The van der Waals surface area contributed by atoms with E-state index in [2.05, 4.69) is 85.9 Å². The summed E-state index contributed by atoms with van der Waals surface area (Å²) < 4.78 is 32.1. The molecule has 42 heavy (non-hydrogen) atoms. The number of methoxy groups -OCH3 is 1. The Kier molecular flexibility index (Phi) is 11.1. The monoisotopic (exact) mass is 587 g/mol. The second-order valence-electron chi connectivity index (χ2n) is 11.3. The topological polar surface area (TPSA) is 94.9 Å². The van der Waals surface area contributed by atoms with E-state index in [9.17, 15) is 5.53 Å². The summed E-state index contributed by atoms with van der Waals surface area (Å²) >= 11 is 0. The lowest BCUT2D eigenvalue weighted by molar-refractivity contribution is -0.274. The van der Waals surface area contributed by atoms with Crippen molar-refractivity contribution in [1.29, 1.82) is 0 Å². The summed E-state index contributed by atoms with van der Waals surface area (Å²) in [7, 11) is -1.25. The Labute approximate surface area is 250 Å². The van der Waals surface area contributed by atoms with Crippen molar-refractivity contribution in [2.45, 2.75) is 63.1 Å². The minimum absolute atomic E-state index is 0.216. The molecule has 1 heterocycles. The van der Waals surface area contributed by atoms with E-state index in [0.717, 1.165) is 15.9 Å². The van der Waals surface area contributed by atoms with Crippen molar-refractivity contribution in [2.24, 2.45) is 5.11 Å². The van der Waals surface area contributed by atoms with Crippen LogP contribution in [0.4, 0.5) is 0 Å². The van der Waals surface area contributed by atoms with Gasteiger partial charge in [0, 0.05) is 12.0 Å². The molecule has 5 atom stereocenters. The zero-order chi connectivity index (χ0) is 30.0. The number of hydrogen-bond acceptors (Lipinski definition) is 6. The fraction of sp³-hybridized carbons (Fsp3) is 0.394. The maximum Gasteiger partial charge on any atom is 0.261 e. The molecule has 3 aromatic rings. The first-order valence-electron chi connectivity index (χ1n) is 14.2. The van der Waals surface area contributed by atoms with Gasteiger partial charge in [-0.3, -0.25) is 0 Å². The molecule has 0 aliphatic carbocycles. The normalized spacial score (nSPS) is 22.7. The number of benzene rings is 3. The number of nitrogens with zero attached hydrogens (tertiary/aromatic N) is 3. The number of rotatable bonds is 13. The molecule has 0 N–H and O–H groups in total. The van der Waals surface area contributed by atoms with Gasteiger partial charge in [-0.05, 0) is 26.5 Å². The smallest absolute Gasteiger partial charge is 0.261 e. The molecule has 1 aliphatic heterocycles. The molecule has 4 rings (SSSR count). The fourth-order valence-corrected chi connectivity index (χ4v) is 10.3. The average Bonchev–Trinajstić information content (AvgIpc) is 3.01. The number of ether oxygens (including phenoxy) is 4. The molecule has 3 aromatic carbocycles. The summed E-state index contributed by atoms with van der Waals surface area (Å²) in [5.74, 6) is 0. The van der Waals surface area contributed by atoms with Crippen LogP contribution in [-0.2, 0) is 30.0 Å². The minimum Gasteiger partial charge on any atom is -0.405 e. The summed E-state index contributed by atoms with van der Waals surface area (Å²) in [6.45, 7) is 11.2. The van der Waals surface area contributed by atoms with Gasteiger partial charge in [0.05, 0.1) is 19.8 Å². The molecule has 0 spiro atoms. The third-order valence-electron chi connectivity index (χ3n) is 7.62.